The molecule has 47 heavy (non-hydrogen) atoms. The van der Waals surface area contributed by atoms with Crippen molar-refractivity contribution in [2.24, 2.45) is 0 Å². The summed E-state index contributed by atoms with van der Waals surface area (Å²) in [5.41, 5.74) is 0.610. The number of thiophene rings is 1. The van der Waals surface area contributed by atoms with Crippen LogP contribution in [-0.4, -0.2) is 75.8 Å². The number of aromatic nitrogens is 2. The standard InChI is InChI=1S/C34H35F2N5O5S/c1-34(2,3)46-33(44)38-22-5-4-9-40(17-22)32(43)30-13-23(19-6-7-20(15-37)25(35)12-19)31(47-30)24-11-21-16-41(39-27(21)14-26(24)36)28-18-45-10-8-29(28)42/h6-7,11-14,16,22,28-29,42H,4-5,8-10,17-18H2,1-3H3,(H,38,44)/t22-,28+,29+/m1/s1. The molecule has 0 bridgehead atoms. The fourth-order valence-electron chi connectivity index (χ4n) is 5.97. The summed E-state index contributed by atoms with van der Waals surface area (Å²) in [5.74, 6) is -1.61. The van der Waals surface area contributed by atoms with Crippen molar-refractivity contribution in [3.05, 3.63) is 64.7 Å². The van der Waals surface area contributed by atoms with E-state index in [0.29, 0.717) is 64.2 Å². The predicted molar refractivity (Wildman–Crippen MR) is 172 cm³/mol. The molecule has 4 aromatic rings. The van der Waals surface area contributed by atoms with Crippen molar-refractivity contribution >= 4 is 34.2 Å². The van der Waals surface area contributed by atoms with E-state index in [1.807, 2.05) is 6.07 Å². The van der Waals surface area contributed by atoms with Gasteiger partial charge in [0.15, 0.2) is 0 Å². The number of hydrogen-bond acceptors (Lipinski definition) is 8. The fraction of sp³-hybridized carbons (Fsp3) is 0.412. The molecule has 0 aliphatic carbocycles. The van der Waals surface area contributed by atoms with Gasteiger partial charge in [0.1, 0.15) is 29.3 Å². The first kappa shape index (κ1) is 32.6. The molecular formula is C34H35F2N5O5S. The molecule has 2 N–H and O–H groups in total. The van der Waals surface area contributed by atoms with Crippen LogP contribution in [0.3, 0.4) is 0 Å². The summed E-state index contributed by atoms with van der Waals surface area (Å²) >= 11 is 1.09. The summed E-state index contributed by atoms with van der Waals surface area (Å²) in [5, 5.41) is 27.7. The number of nitriles is 1. The van der Waals surface area contributed by atoms with E-state index in [1.165, 1.54) is 18.2 Å². The van der Waals surface area contributed by atoms with Gasteiger partial charge in [-0.25, -0.2) is 13.6 Å². The lowest BCUT2D eigenvalue weighted by Gasteiger charge is -2.33. The topological polar surface area (TPSA) is 130 Å². The molecule has 0 unspecified atom stereocenters. The number of hydrogen-bond donors (Lipinski definition) is 2. The number of alkyl carbamates (subject to hydrolysis) is 1. The Balaban J connectivity index is 1.36. The average molecular weight is 664 g/mol. The summed E-state index contributed by atoms with van der Waals surface area (Å²) in [6.07, 6.45) is 2.32. The van der Waals surface area contributed by atoms with E-state index < -0.39 is 35.5 Å². The maximum atomic E-state index is 15.9. The number of likely N-dealkylation sites (tertiary alicyclic amines) is 1. The second-order valence-electron chi connectivity index (χ2n) is 12.9. The fourth-order valence-corrected chi connectivity index (χ4v) is 7.13. The quantitative estimate of drug-likeness (QED) is 0.267. The van der Waals surface area contributed by atoms with E-state index in [0.717, 1.165) is 11.3 Å². The van der Waals surface area contributed by atoms with Crippen LogP contribution in [0.25, 0.3) is 32.5 Å². The zero-order valence-electron chi connectivity index (χ0n) is 26.3. The van der Waals surface area contributed by atoms with Gasteiger partial charge in [0.05, 0.1) is 28.7 Å². The Bertz CT molecular complexity index is 1880. The van der Waals surface area contributed by atoms with E-state index >= 15 is 4.39 Å². The van der Waals surface area contributed by atoms with Crippen molar-refractivity contribution in [1.82, 2.24) is 20.0 Å². The SMILES string of the molecule is CC(C)(C)OC(=O)N[C@@H]1CCCN(C(=O)c2cc(-c3ccc(C#N)c(F)c3)c(-c3cc4cn([C@H]5COCC[C@@H]5O)nc4cc3F)s2)C1. The number of aliphatic hydroxyl groups excluding tert-OH is 1. The van der Waals surface area contributed by atoms with Crippen molar-refractivity contribution < 1.29 is 33.0 Å². The number of nitrogens with zero attached hydrogens (tertiary/aromatic N) is 4. The van der Waals surface area contributed by atoms with Crippen LogP contribution in [0, 0.1) is 23.0 Å². The summed E-state index contributed by atoms with van der Waals surface area (Å²) in [6, 6.07) is 9.78. The van der Waals surface area contributed by atoms with E-state index in [9.17, 15) is 24.3 Å². The zero-order chi connectivity index (χ0) is 33.5. The van der Waals surface area contributed by atoms with Crippen LogP contribution in [0.5, 0.6) is 0 Å². The molecule has 2 aromatic carbocycles. The number of amides is 2. The number of nitrogens with one attached hydrogen (secondary N) is 1. The van der Waals surface area contributed by atoms with E-state index in [2.05, 4.69) is 10.4 Å². The Morgan fingerprint density at radius 3 is 2.68 bits per heavy atom. The van der Waals surface area contributed by atoms with Crippen molar-refractivity contribution in [2.45, 2.75) is 63.8 Å². The highest BCUT2D eigenvalue weighted by Gasteiger charge is 2.30. The Hall–Kier alpha value is -4.38. The van der Waals surface area contributed by atoms with Gasteiger partial charge in [-0.1, -0.05) is 6.07 Å². The minimum atomic E-state index is -0.729. The molecule has 2 aliphatic rings. The van der Waals surface area contributed by atoms with Crippen molar-refractivity contribution in [2.75, 3.05) is 26.3 Å². The van der Waals surface area contributed by atoms with Gasteiger partial charge in [-0.15, -0.1) is 11.3 Å². The number of carbonyl (C=O) groups excluding carboxylic acids is 2. The van der Waals surface area contributed by atoms with Gasteiger partial charge in [-0.3, -0.25) is 9.48 Å². The third-order valence-electron chi connectivity index (χ3n) is 8.26. The van der Waals surface area contributed by atoms with Crippen LogP contribution in [0.15, 0.2) is 42.6 Å². The Labute approximate surface area is 274 Å². The van der Waals surface area contributed by atoms with Gasteiger partial charge >= 0.3 is 6.09 Å². The third-order valence-corrected chi connectivity index (χ3v) is 9.42. The largest absolute Gasteiger partial charge is 0.444 e. The molecule has 2 saturated heterocycles. The van der Waals surface area contributed by atoms with Gasteiger partial charge in [0, 0.05) is 59.4 Å². The number of halogens is 2. The monoisotopic (exact) mass is 663 g/mol. The Morgan fingerprint density at radius 1 is 1.15 bits per heavy atom. The summed E-state index contributed by atoms with van der Waals surface area (Å²) in [4.78, 5) is 28.7. The normalized spacial score (nSPS) is 20.2. The van der Waals surface area contributed by atoms with Crippen LogP contribution < -0.4 is 5.32 Å². The van der Waals surface area contributed by atoms with E-state index in [4.69, 9.17) is 9.47 Å². The van der Waals surface area contributed by atoms with Crippen molar-refractivity contribution in [1.29, 1.82) is 5.26 Å². The molecule has 2 amide bonds. The van der Waals surface area contributed by atoms with Gasteiger partial charge in [-0.2, -0.15) is 10.4 Å². The number of ether oxygens (including phenoxy) is 2. The Kier molecular flexibility index (Phi) is 9.02. The highest BCUT2D eigenvalue weighted by molar-refractivity contribution is 7.18. The average Bonchev–Trinajstić information content (AvgIpc) is 3.64. The molecule has 2 aliphatic heterocycles. The second-order valence-corrected chi connectivity index (χ2v) is 13.9. The molecular weight excluding hydrogens is 628 g/mol. The Morgan fingerprint density at radius 2 is 1.96 bits per heavy atom. The highest BCUT2D eigenvalue weighted by Crippen LogP contribution is 2.42. The van der Waals surface area contributed by atoms with E-state index in [1.54, 1.807) is 54.7 Å². The summed E-state index contributed by atoms with van der Waals surface area (Å²) < 4.78 is 43.2. The maximum absolute atomic E-state index is 15.9. The van der Waals surface area contributed by atoms with Gasteiger partial charge in [-0.05, 0) is 69.9 Å². The lowest BCUT2D eigenvalue weighted by atomic mass is 9.99. The first-order valence-electron chi connectivity index (χ1n) is 15.5. The van der Waals surface area contributed by atoms with Crippen LogP contribution in [-0.2, 0) is 9.47 Å². The zero-order valence-corrected chi connectivity index (χ0v) is 27.1. The van der Waals surface area contributed by atoms with Crippen LogP contribution >= 0.6 is 11.3 Å². The highest BCUT2D eigenvalue weighted by atomic mass is 32.1. The van der Waals surface area contributed by atoms with Gasteiger partial charge in [0.25, 0.3) is 5.91 Å². The molecule has 0 saturated carbocycles. The van der Waals surface area contributed by atoms with Gasteiger partial charge < -0.3 is 24.8 Å². The third kappa shape index (κ3) is 7.00. The number of fused-ring (bicyclic) bond motifs is 1. The first-order chi connectivity index (χ1) is 22.4. The lowest BCUT2D eigenvalue weighted by Crippen LogP contribution is -2.50. The number of carbonyl (C=O) groups is 2. The number of rotatable bonds is 5. The summed E-state index contributed by atoms with van der Waals surface area (Å²) in [7, 11) is 0. The number of benzene rings is 2. The predicted octanol–water partition coefficient (Wildman–Crippen LogP) is 6.03. The molecule has 10 nitrogen and oxygen atoms in total. The molecule has 4 heterocycles. The second kappa shape index (κ2) is 13.0. The van der Waals surface area contributed by atoms with Gasteiger partial charge in [0.2, 0.25) is 0 Å². The molecule has 6 rings (SSSR count). The van der Waals surface area contributed by atoms with Crippen LogP contribution in [0.2, 0.25) is 0 Å². The molecule has 2 fully saturated rings. The molecule has 3 atom stereocenters. The number of piperidine rings is 1. The molecule has 13 heteroatoms. The first-order valence-corrected chi connectivity index (χ1v) is 16.3. The lowest BCUT2D eigenvalue weighted by molar-refractivity contribution is -0.0327. The summed E-state index contributed by atoms with van der Waals surface area (Å²) in [6.45, 7) is 6.79. The maximum Gasteiger partial charge on any atom is 0.407 e. The van der Waals surface area contributed by atoms with Crippen molar-refractivity contribution in [3.8, 4) is 27.6 Å². The van der Waals surface area contributed by atoms with Crippen LogP contribution in [0.1, 0.15) is 61.3 Å². The minimum Gasteiger partial charge on any atom is -0.444 e. The van der Waals surface area contributed by atoms with Crippen molar-refractivity contribution in [3.63, 3.8) is 0 Å². The minimum absolute atomic E-state index is 0.132. The molecule has 0 spiro atoms. The smallest absolute Gasteiger partial charge is 0.407 e. The molecule has 246 valence electrons. The van der Waals surface area contributed by atoms with E-state index in [-0.39, 0.29) is 36.2 Å². The number of aliphatic hydroxyl groups is 1. The molecule has 2 aromatic heterocycles. The van der Waals surface area contributed by atoms with Crippen LogP contribution in [0.4, 0.5) is 13.6 Å². The molecule has 0 radical (unpaired) electrons.